The van der Waals surface area contributed by atoms with E-state index in [9.17, 15) is 14.7 Å². The molecule has 1 aromatic rings. The lowest BCUT2D eigenvalue weighted by Crippen LogP contribution is -2.13. The van der Waals surface area contributed by atoms with Crippen molar-refractivity contribution in [3.05, 3.63) is 16.0 Å². The zero-order chi connectivity index (χ0) is 15.1. The van der Waals surface area contributed by atoms with Crippen LogP contribution >= 0.6 is 11.3 Å². The summed E-state index contributed by atoms with van der Waals surface area (Å²) in [4.78, 5) is 24.0. The summed E-state index contributed by atoms with van der Waals surface area (Å²) in [6.07, 6.45) is 5.91. The van der Waals surface area contributed by atoms with Crippen LogP contribution in [0, 0.1) is 13.8 Å². The van der Waals surface area contributed by atoms with Gasteiger partial charge in [0.05, 0.1) is 5.56 Å². The Kier molecular flexibility index (Phi) is 6.71. The van der Waals surface area contributed by atoms with Crippen molar-refractivity contribution in [3.63, 3.8) is 0 Å². The molecule has 0 spiro atoms. The fourth-order valence-electron chi connectivity index (χ4n) is 2.05. The van der Waals surface area contributed by atoms with Crippen molar-refractivity contribution in [2.45, 2.75) is 59.3 Å². The summed E-state index contributed by atoms with van der Waals surface area (Å²) in [5.41, 5.74) is 0.965. The van der Waals surface area contributed by atoms with E-state index in [-0.39, 0.29) is 11.5 Å². The minimum absolute atomic E-state index is 0.0924. The molecule has 0 aliphatic heterocycles. The number of nitrogens with one attached hydrogen (secondary N) is 1. The highest BCUT2D eigenvalue weighted by atomic mass is 32.1. The average molecular weight is 297 g/mol. The van der Waals surface area contributed by atoms with Gasteiger partial charge < -0.3 is 10.4 Å². The molecule has 0 saturated carbocycles. The first-order valence-electron chi connectivity index (χ1n) is 7.10. The molecule has 0 aromatic carbocycles. The first kappa shape index (κ1) is 16.7. The molecule has 1 rings (SSSR count). The molecule has 2 N–H and O–H groups in total. The number of rotatable bonds is 8. The van der Waals surface area contributed by atoms with Crippen molar-refractivity contribution in [2.24, 2.45) is 0 Å². The summed E-state index contributed by atoms with van der Waals surface area (Å²) in [6.45, 7) is 5.80. The summed E-state index contributed by atoms with van der Waals surface area (Å²) >= 11 is 1.33. The smallest absolute Gasteiger partial charge is 0.338 e. The Morgan fingerprint density at radius 1 is 1.15 bits per heavy atom. The number of carboxylic acid groups (broad SMARTS) is 1. The number of carbonyl (C=O) groups is 2. The van der Waals surface area contributed by atoms with Gasteiger partial charge in [0.25, 0.3) is 0 Å². The second-order valence-electron chi connectivity index (χ2n) is 5.00. The Balaban J connectivity index is 2.54. The number of unbranched alkanes of at least 4 members (excludes halogenated alkanes) is 4. The quantitative estimate of drug-likeness (QED) is 0.700. The van der Waals surface area contributed by atoms with Crippen molar-refractivity contribution >= 4 is 28.2 Å². The summed E-state index contributed by atoms with van der Waals surface area (Å²) in [5.74, 6) is -1.07. The Hall–Kier alpha value is -1.36. The summed E-state index contributed by atoms with van der Waals surface area (Å²) < 4.78 is 0. The number of anilines is 1. The Bertz CT molecular complexity index is 480. The first-order valence-corrected chi connectivity index (χ1v) is 7.92. The van der Waals surface area contributed by atoms with E-state index in [0.717, 1.165) is 29.7 Å². The molecule has 4 nitrogen and oxygen atoms in total. The van der Waals surface area contributed by atoms with Gasteiger partial charge in [-0.3, -0.25) is 4.79 Å². The van der Waals surface area contributed by atoms with Crippen LogP contribution in [0.15, 0.2) is 0 Å². The van der Waals surface area contributed by atoms with Gasteiger partial charge in [-0.2, -0.15) is 0 Å². The van der Waals surface area contributed by atoms with Gasteiger partial charge in [-0.25, -0.2) is 4.79 Å². The van der Waals surface area contributed by atoms with Gasteiger partial charge in [-0.1, -0.05) is 32.6 Å². The fraction of sp³-hybridized carbons (Fsp3) is 0.600. The number of carbonyl (C=O) groups excluding carboxylic acids is 1. The van der Waals surface area contributed by atoms with E-state index in [1.165, 1.54) is 24.2 Å². The molecule has 5 heteroatoms. The molecule has 0 bridgehead atoms. The Labute approximate surface area is 124 Å². The molecule has 0 atom stereocenters. The molecular weight excluding hydrogens is 274 g/mol. The van der Waals surface area contributed by atoms with Crippen LogP contribution in [-0.2, 0) is 4.79 Å². The van der Waals surface area contributed by atoms with Crippen molar-refractivity contribution in [3.8, 4) is 0 Å². The van der Waals surface area contributed by atoms with Gasteiger partial charge in [0.2, 0.25) is 5.91 Å². The molecule has 0 aliphatic carbocycles. The van der Waals surface area contributed by atoms with Gasteiger partial charge in [0.15, 0.2) is 0 Å². The zero-order valence-corrected chi connectivity index (χ0v) is 13.2. The molecular formula is C15H23NO3S. The lowest BCUT2D eigenvalue weighted by Gasteiger charge is -2.04. The molecule has 20 heavy (non-hydrogen) atoms. The predicted octanol–water partition coefficient (Wildman–Crippen LogP) is 4.36. The lowest BCUT2D eigenvalue weighted by molar-refractivity contribution is -0.116. The van der Waals surface area contributed by atoms with Crippen molar-refractivity contribution in [2.75, 3.05) is 5.32 Å². The second-order valence-corrected chi connectivity index (χ2v) is 6.23. The van der Waals surface area contributed by atoms with Crippen LogP contribution in [0.2, 0.25) is 0 Å². The SMILES string of the molecule is CCCCCCCC(=O)Nc1sc(C)c(C)c1C(=O)O. The van der Waals surface area contributed by atoms with Crippen LogP contribution < -0.4 is 5.32 Å². The monoisotopic (exact) mass is 297 g/mol. The molecule has 0 unspecified atom stereocenters. The van der Waals surface area contributed by atoms with E-state index in [1.54, 1.807) is 6.92 Å². The van der Waals surface area contributed by atoms with E-state index >= 15 is 0 Å². The van der Waals surface area contributed by atoms with Gasteiger partial charge in [-0.15, -0.1) is 11.3 Å². The van der Waals surface area contributed by atoms with Crippen LogP contribution in [0.1, 0.15) is 66.2 Å². The van der Waals surface area contributed by atoms with E-state index in [4.69, 9.17) is 0 Å². The van der Waals surface area contributed by atoms with E-state index in [1.807, 2.05) is 6.92 Å². The summed E-state index contributed by atoms with van der Waals surface area (Å²) in [5, 5.41) is 12.4. The lowest BCUT2D eigenvalue weighted by atomic mass is 10.1. The third kappa shape index (κ3) is 4.63. The van der Waals surface area contributed by atoms with E-state index in [2.05, 4.69) is 12.2 Å². The molecule has 0 radical (unpaired) electrons. The minimum Gasteiger partial charge on any atom is -0.478 e. The van der Waals surface area contributed by atoms with Gasteiger partial charge >= 0.3 is 5.97 Å². The molecule has 1 amide bonds. The highest BCUT2D eigenvalue weighted by Crippen LogP contribution is 2.32. The number of carboxylic acids is 1. The Morgan fingerprint density at radius 2 is 1.80 bits per heavy atom. The molecule has 1 heterocycles. The molecule has 0 fully saturated rings. The predicted molar refractivity (Wildman–Crippen MR) is 82.8 cm³/mol. The van der Waals surface area contributed by atoms with Crippen LogP contribution in [0.5, 0.6) is 0 Å². The highest BCUT2D eigenvalue weighted by Gasteiger charge is 2.19. The third-order valence-electron chi connectivity index (χ3n) is 3.36. The maximum absolute atomic E-state index is 11.8. The van der Waals surface area contributed by atoms with Crippen LogP contribution in [0.25, 0.3) is 0 Å². The molecule has 0 saturated heterocycles. The van der Waals surface area contributed by atoms with Crippen molar-refractivity contribution < 1.29 is 14.7 Å². The number of hydrogen-bond donors (Lipinski definition) is 2. The maximum atomic E-state index is 11.8. The van der Waals surface area contributed by atoms with E-state index in [0.29, 0.717) is 11.4 Å². The Morgan fingerprint density at radius 3 is 2.40 bits per heavy atom. The summed E-state index contributed by atoms with van der Waals surface area (Å²) in [7, 11) is 0. The van der Waals surface area contributed by atoms with Crippen molar-refractivity contribution in [1.82, 2.24) is 0 Å². The normalized spacial score (nSPS) is 10.6. The molecule has 0 aliphatic rings. The van der Waals surface area contributed by atoms with Gasteiger partial charge in [-0.05, 0) is 25.8 Å². The van der Waals surface area contributed by atoms with Gasteiger partial charge in [0, 0.05) is 11.3 Å². The number of aryl methyl sites for hydroxylation is 1. The number of thiophene rings is 1. The van der Waals surface area contributed by atoms with Crippen molar-refractivity contribution in [1.29, 1.82) is 0 Å². The largest absolute Gasteiger partial charge is 0.478 e. The van der Waals surface area contributed by atoms with Gasteiger partial charge in [0.1, 0.15) is 5.00 Å². The summed E-state index contributed by atoms with van der Waals surface area (Å²) in [6, 6.07) is 0. The number of hydrogen-bond acceptors (Lipinski definition) is 3. The van der Waals surface area contributed by atoms with E-state index < -0.39 is 5.97 Å². The third-order valence-corrected chi connectivity index (χ3v) is 4.48. The average Bonchev–Trinajstić information content (AvgIpc) is 2.64. The first-order chi connectivity index (χ1) is 9.47. The number of aromatic carboxylic acids is 1. The highest BCUT2D eigenvalue weighted by molar-refractivity contribution is 7.16. The zero-order valence-electron chi connectivity index (χ0n) is 12.4. The molecule has 1 aromatic heterocycles. The topological polar surface area (TPSA) is 66.4 Å². The standard InChI is InChI=1S/C15H23NO3S/c1-4-5-6-7-8-9-12(17)16-14-13(15(18)19)10(2)11(3)20-14/h4-9H2,1-3H3,(H,16,17)(H,18,19). The number of amides is 1. The van der Waals surface area contributed by atoms with Crippen LogP contribution in [-0.4, -0.2) is 17.0 Å². The molecule has 112 valence electrons. The van der Waals surface area contributed by atoms with Crippen LogP contribution in [0.3, 0.4) is 0 Å². The maximum Gasteiger partial charge on any atom is 0.338 e. The second kappa shape index (κ2) is 8.04. The minimum atomic E-state index is -0.981. The van der Waals surface area contributed by atoms with Crippen LogP contribution in [0.4, 0.5) is 5.00 Å². The fourth-order valence-corrected chi connectivity index (χ4v) is 3.12.